The van der Waals surface area contributed by atoms with Crippen LogP contribution in [-0.4, -0.2) is 51.5 Å². The van der Waals surface area contributed by atoms with Crippen molar-refractivity contribution in [2.75, 3.05) is 13.1 Å². The predicted molar refractivity (Wildman–Crippen MR) is 149 cm³/mol. The molecule has 7 heteroatoms. The fourth-order valence-electron chi connectivity index (χ4n) is 5.89. The monoisotopic (exact) mass is 524 g/mol. The number of carbonyl (C=O) groups excluding carboxylic acids is 2. The zero-order valence-corrected chi connectivity index (χ0v) is 23.0. The van der Waals surface area contributed by atoms with Crippen LogP contribution in [0.2, 0.25) is 0 Å². The maximum absolute atomic E-state index is 13.9. The molecule has 4 rings (SSSR count). The molecule has 0 saturated heterocycles. The molecule has 0 spiro atoms. The van der Waals surface area contributed by atoms with Crippen molar-refractivity contribution < 1.29 is 14.0 Å². The summed E-state index contributed by atoms with van der Waals surface area (Å²) in [5, 5.41) is 3.22. The molecule has 0 bridgehead atoms. The molecule has 208 valence electrons. The third kappa shape index (κ3) is 8.08. The lowest BCUT2D eigenvalue weighted by Crippen LogP contribution is -2.51. The van der Waals surface area contributed by atoms with Crippen molar-refractivity contribution >= 4 is 11.9 Å². The number of benzene rings is 1. The van der Waals surface area contributed by atoms with E-state index in [-0.39, 0.29) is 36.4 Å². The Balaban J connectivity index is 1.47. The van der Waals surface area contributed by atoms with Gasteiger partial charge in [-0.3, -0.25) is 4.79 Å². The molecule has 2 aliphatic rings. The number of nitrogens with zero attached hydrogens (tertiary/aromatic N) is 3. The highest BCUT2D eigenvalue weighted by molar-refractivity contribution is 5.84. The molecule has 1 aromatic heterocycles. The van der Waals surface area contributed by atoms with Gasteiger partial charge < -0.3 is 19.7 Å². The molecule has 0 aliphatic heterocycles. The molecule has 2 saturated carbocycles. The molecule has 2 fully saturated rings. The second-order valence-corrected chi connectivity index (χ2v) is 11.1. The van der Waals surface area contributed by atoms with Crippen LogP contribution in [-0.2, 0) is 17.9 Å². The van der Waals surface area contributed by atoms with E-state index in [4.69, 9.17) is 0 Å². The molecule has 38 heavy (non-hydrogen) atoms. The molecule has 0 radical (unpaired) electrons. The zero-order chi connectivity index (χ0) is 26.7. The van der Waals surface area contributed by atoms with E-state index < -0.39 is 0 Å². The fourth-order valence-corrected chi connectivity index (χ4v) is 5.89. The fraction of sp³-hybridized carbons (Fsp3) is 0.613. The van der Waals surface area contributed by atoms with Crippen LogP contribution in [0, 0.1) is 5.82 Å². The summed E-state index contributed by atoms with van der Waals surface area (Å²) >= 11 is 0. The van der Waals surface area contributed by atoms with Crippen molar-refractivity contribution in [3.63, 3.8) is 0 Å². The molecule has 2 aromatic rings. The van der Waals surface area contributed by atoms with Gasteiger partial charge in [-0.2, -0.15) is 0 Å². The number of halogens is 1. The van der Waals surface area contributed by atoms with E-state index in [9.17, 15) is 14.0 Å². The number of hydrogen-bond donors (Lipinski definition) is 1. The molecule has 1 N–H and O–H groups in total. The highest BCUT2D eigenvalue weighted by Crippen LogP contribution is 2.25. The molecule has 0 atom stereocenters. The minimum atomic E-state index is -0.240. The lowest BCUT2D eigenvalue weighted by Gasteiger charge is -2.36. The van der Waals surface area contributed by atoms with Crippen LogP contribution in [0.5, 0.6) is 0 Å². The molecule has 3 amide bonds. The number of aromatic nitrogens is 1. The van der Waals surface area contributed by atoms with E-state index in [0.717, 1.165) is 75.5 Å². The number of nitrogens with one attached hydrogen (secondary N) is 1. The first-order valence-electron chi connectivity index (χ1n) is 14.8. The molecular formula is C31H45FN4O2. The average molecular weight is 525 g/mol. The summed E-state index contributed by atoms with van der Waals surface area (Å²) in [5.74, 6) is -0.211. The minimum absolute atomic E-state index is 0.0290. The van der Waals surface area contributed by atoms with Crippen LogP contribution in [0.1, 0.15) is 95.2 Å². The normalized spacial score (nSPS) is 16.8. The summed E-state index contributed by atoms with van der Waals surface area (Å²) in [6, 6.07) is 11.0. The highest BCUT2D eigenvalue weighted by atomic mass is 19.1. The highest BCUT2D eigenvalue weighted by Gasteiger charge is 2.29. The molecule has 2 aliphatic carbocycles. The van der Waals surface area contributed by atoms with Crippen LogP contribution in [0.3, 0.4) is 0 Å². The first-order chi connectivity index (χ1) is 18.5. The Labute approximate surface area is 227 Å². The Hall–Kier alpha value is -2.83. The standard InChI is InChI=1S/C31H45FN4O2/c1-2-3-20-35(31(38)33-27-11-6-4-7-12-27)24-30(37)36(28-13-8-5-9-14-28)23-29-15-10-21-34(29)22-25-16-18-26(32)19-17-25/h10,15-19,21,27-28H,2-9,11-14,20,22-24H2,1H3,(H,33,38). The summed E-state index contributed by atoms with van der Waals surface area (Å²) in [7, 11) is 0. The SMILES string of the molecule is CCCCN(CC(=O)N(Cc1cccn1Cc1ccc(F)cc1)C1CCCCC1)C(=O)NC1CCCCC1. The van der Waals surface area contributed by atoms with Gasteiger partial charge in [0.05, 0.1) is 6.54 Å². The van der Waals surface area contributed by atoms with E-state index in [1.165, 1.54) is 25.0 Å². The smallest absolute Gasteiger partial charge is 0.318 e. The lowest BCUT2D eigenvalue weighted by atomic mass is 9.94. The van der Waals surface area contributed by atoms with Crippen molar-refractivity contribution in [3.05, 3.63) is 59.7 Å². The number of rotatable bonds is 11. The Bertz CT molecular complexity index is 1010. The number of carbonyl (C=O) groups is 2. The van der Waals surface area contributed by atoms with Crippen molar-refractivity contribution in [2.45, 2.75) is 109 Å². The number of hydrogen-bond acceptors (Lipinski definition) is 2. The van der Waals surface area contributed by atoms with Crippen molar-refractivity contribution in [3.8, 4) is 0 Å². The summed E-state index contributed by atoms with van der Waals surface area (Å²) in [4.78, 5) is 30.9. The van der Waals surface area contributed by atoms with Crippen molar-refractivity contribution in [1.29, 1.82) is 0 Å². The maximum Gasteiger partial charge on any atom is 0.318 e. The van der Waals surface area contributed by atoms with Gasteiger partial charge in [0.25, 0.3) is 0 Å². The van der Waals surface area contributed by atoms with E-state index in [0.29, 0.717) is 19.6 Å². The third-order valence-electron chi connectivity index (χ3n) is 8.19. The first kappa shape index (κ1) is 28.2. The molecular weight excluding hydrogens is 479 g/mol. The van der Waals surface area contributed by atoms with Gasteiger partial charge in [0.1, 0.15) is 12.4 Å². The summed E-state index contributed by atoms with van der Waals surface area (Å²) < 4.78 is 15.5. The quantitative estimate of drug-likeness (QED) is 0.366. The van der Waals surface area contributed by atoms with E-state index in [2.05, 4.69) is 22.9 Å². The zero-order valence-electron chi connectivity index (χ0n) is 23.0. The van der Waals surface area contributed by atoms with Gasteiger partial charge in [-0.15, -0.1) is 0 Å². The van der Waals surface area contributed by atoms with Crippen molar-refractivity contribution in [1.82, 2.24) is 19.7 Å². The Morgan fingerprint density at radius 3 is 2.34 bits per heavy atom. The predicted octanol–water partition coefficient (Wildman–Crippen LogP) is 6.48. The molecule has 0 unspecified atom stereocenters. The third-order valence-corrected chi connectivity index (χ3v) is 8.19. The summed E-state index contributed by atoms with van der Waals surface area (Å²) in [6.07, 6.45) is 15.0. The van der Waals surface area contributed by atoms with Crippen LogP contribution < -0.4 is 5.32 Å². The average Bonchev–Trinajstić information content (AvgIpc) is 3.38. The number of amides is 3. The first-order valence-corrected chi connectivity index (χ1v) is 14.8. The lowest BCUT2D eigenvalue weighted by molar-refractivity contribution is -0.135. The number of unbranched alkanes of at least 4 members (excludes halogenated alkanes) is 1. The van der Waals surface area contributed by atoms with Gasteiger partial charge >= 0.3 is 6.03 Å². The van der Waals surface area contributed by atoms with Gasteiger partial charge in [-0.1, -0.05) is 64.0 Å². The second kappa shape index (κ2) is 14.4. The molecule has 6 nitrogen and oxygen atoms in total. The van der Waals surface area contributed by atoms with E-state index in [1.807, 2.05) is 17.2 Å². The Morgan fingerprint density at radius 2 is 1.66 bits per heavy atom. The van der Waals surface area contributed by atoms with Gasteiger partial charge in [0.15, 0.2) is 0 Å². The van der Waals surface area contributed by atoms with Crippen LogP contribution >= 0.6 is 0 Å². The topological polar surface area (TPSA) is 57.6 Å². The van der Waals surface area contributed by atoms with Crippen LogP contribution in [0.4, 0.5) is 9.18 Å². The summed E-state index contributed by atoms with van der Waals surface area (Å²) in [5.41, 5.74) is 2.07. The van der Waals surface area contributed by atoms with E-state index >= 15 is 0 Å². The van der Waals surface area contributed by atoms with Gasteiger partial charge in [0, 0.05) is 37.1 Å². The maximum atomic E-state index is 13.9. The van der Waals surface area contributed by atoms with Gasteiger partial charge in [-0.05, 0) is 61.9 Å². The molecule has 1 heterocycles. The molecule has 1 aromatic carbocycles. The Morgan fingerprint density at radius 1 is 0.974 bits per heavy atom. The van der Waals surface area contributed by atoms with Gasteiger partial charge in [-0.25, -0.2) is 9.18 Å². The van der Waals surface area contributed by atoms with Crippen LogP contribution in [0.25, 0.3) is 0 Å². The number of urea groups is 1. The van der Waals surface area contributed by atoms with E-state index in [1.54, 1.807) is 17.0 Å². The Kier molecular flexibility index (Phi) is 10.6. The largest absolute Gasteiger partial charge is 0.345 e. The second-order valence-electron chi connectivity index (χ2n) is 11.1. The summed E-state index contributed by atoms with van der Waals surface area (Å²) in [6.45, 7) is 3.97. The van der Waals surface area contributed by atoms with Crippen molar-refractivity contribution in [2.24, 2.45) is 0 Å². The minimum Gasteiger partial charge on any atom is -0.345 e. The van der Waals surface area contributed by atoms with Gasteiger partial charge in [0.2, 0.25) is 5.91 Å². The van der Waals surface area contributed by atoms with Crippen LogP contribution in [0.15, 0.2) is 42.6 Å².